The van der Waals surface area contributed by atoms with Crippen LogP contribution < -0.4 is 16.2 Å². The van der Waals surface area contributed by atoms with E-state index < -0.39 is 0 Å². The number of rotatable bonds is 3. The van der Waals surface area contributed by atoms with Crippen LogP contribution in [-0.4, -0.2) is 48.4 Å². The summed E-state index contributed by atoms with van der Waals surface area (Å²) in [5.41, 5.74) is 4.88. The number of nitrogens with zero attached hydrogens (tertiary/aromatic N) is 1. The van der Waals surface area contributed by atoms with Crippen molar-refractivity contribution < 1.29 is 9.59 Å². The van der Waals surface area contributed by atoms with Crippen LogP contribution in [-0.2, 0) is 4.79 Å². The SMILES string of the molecule is CC1CN(CC(=O)NNC(=O)c2cccs2)CC(C)N1. The molecule has 2 rings (SSSR count). The first-order valence-corrected chi connectivity index (χ1v) is 7.53. The van der Waals surface area contributed by atoms with Crippen LogP contribution in [0.25, 0.3) is 0 Å². The lowest BCUT2D eigenvalue weighted by atomic mass is 10.1. The Morgan fingerprint density at radius 2 is 2.05 bits per heavy atom. The highest BCUT2D eigenvalue weighted by Crippen LogP contribution is 2.07. The third kappa shape index (κ3) is 4.29. The molecule has 6 nitrogen and oxygen atoms in total. The fraction of sp³-hybridized carbons (Fsp3) is 0.538. The molecule has 1 aliphatic rings. The second-order valence-electron chi connectivity index (χ2n) is 5.14. The third-order valence-electron chi connectivity index (χ3n) is 3.06. The molecule has 0 spiro atoms. The van der Waals surface area contributed by atoms with Gasteiger partial charge in [-0.1, -0.05) is 6.07 Å². The number of hydrazine groups is 1. The largest absolute Gasteiger partial charge is 0.309 e. The first-order valence-electron chi connectivity index (χ1n) is 6.65. The summed E-state index contributed by atoms with van der Waals surface area (Å²) in [6.07, 6.45) is 0. The average molecular weight is 296 g/mol. The molecule has 0 aromatic carbocycles. The quantitative estimate of drug-likeness (QED) is 0.696. The molecule has 20 heavy (non-hydrogen) atoms. The number of hydrogen-bond donors (Lipinski definition) is 3. The molecule has 1 aliphatic heterocycles. The fourth-order valence-corrected chi connectivity index (χ4v) is 3.03. The Balaban J connectivity index is 1.74. The Morgan fingerprint density at radius 1 is 1.35 bits per heavy atom. The highest BCUT2D eigenvalue weighted by Gasteiger charge is 2.22. The zero-order valence-corrected chi connectivity index (χ0v) is 12.5. The van der Waals surface area contributed by atoms with Gasteiger partial charge in [-0.15, -0.1) is 11.3 Å². The minimum absolute atomic E-state index is 0.198. The van der Waals surface area contributed by atoms with E-state index in [-0.39, 0.29) is 11.8 Å². The number of carbonyl (C=O) groups excluding carboxylic acids is 2. The number of carbonyl (C=O) groups is 2. The van der Waals surface area contributed by atoms with Crippen molar-refractivity contribution in [3.05, 3.63) is 22.4 Å². The topological polar surface area (TPSA) is 73.5 Å². The highest BCUT2D eigenvalue weighted by molar-refractivity contribution is 7.12. The maximum absolute atomic E-state index is 11.8. The number of amides is 2. The van der Waals surface area contributed by atoms with Gasteiger partial charge in [0.1, 0.15) is 0 Å². The molecule has 1 aromatic heterocycles. The predicted octanol–water partition coefficient (Wildman–Crippen LogP) is 0.191. The molecule has 0 aliphatic carbocycles. The van der Waals surface area contributed by atoms with E-state index >= 15 is 0 Å². The van der Waals surface area contributed by atoms with E-state index in [9.17, 15) is 9.59 Å². The van der Waals surface area contributed by atoms with Gasteiger partial charge in [-0.25, -0.2) is 0 Å². The smallest absolute Gasteiger partial charge is 0.279 e. The predicted molar refractivity (Wildman–Crippen MR) is 78.4 cm³/mol. The van der Waals surface area contributed by atoms with Gasteiger partial charge in [0.15, 0.2) is 0 Å². The summed E-state index contributed by atoms with van der Waals surface area (Å²) in [5, 5.41) is 5.23. The average Bonchev–Trinajstić information content (AvgIpc) is 2.88. The summed E-state index contributed by atoms with van der Waals surface area (Å²) in [5.74, 6) is -0.480. The number of nitrogens with one attached hydrogen (secondary N) is 3. The van der Waals surface area contributed by atoms with Gasteiger partial charge in [0.05, 0.1) is 11.4 Å². The van der Waals surface area contributed by atoms with Gasteiger partial charge in [0.25, 0.3) is 11.8 Å². The Hall–Kier alpha value is -1.44. The normalized spacial score (nSPS) is 23.3. The van der Waals surface area contributed by atoms with Crippen molar-refractivity contribution in [3.8, 4) is 0 Å². The van der Waals surface area contributed by atoms with Crippen LogP contribution in [0.15, 0.2) is 17.5 Å². The molecule has 0 radical (unpaired) electrons. The maximum Gasteiger partial charge on any atom is 0.279 e. The summed E-state index contributed by atoms with van der Waals surface area (Å²) < 4.78 is 0. The molecule has 0 bridgehead atoms. The van der Waals surface area contributed by atoms with E-state index in [1.54, 1.807) is 12.1 Å². The van der Waals surface area contributed by atoms with Crippen molar-refractivity contribution in [2.75, 3.05) is 19.6 Å². The van der Waals surface area contributed by atoms with E-state index in [2.05, 4.69) is 34.9 Å². The summed E-state index contributed by atoms with van der Waals surface area (Å²) in [6.45, 7) is 6.15. The third-order valence-corrected chi connectivity index (χ3v) is 3.93. The molecule has 1 aromatic rings. The lowest BCUT2D eigenvalue weighted by Crippen LogP contribution is -2.57. The van der Waals surface area contributed by atoms with E-state index in [1.807, 2.05) is 5.38 Å². The van der Waals surface area contributed by atoms with Gasteiger partial charge in [-0.05, 0) is 25.3 Å². The van der Waals surface area contributed by atoms with Crippen molar-refractivity contribution in [2.45, 2.75) is 25.9 Å². The van der Waals surface area contributed by atoms with E-state index in [4.69, 9.17) is 0 Å². The van der Waals surface area contributed by atoms with Crippen LogP contribution in [0.5, 0.6) is 0 Å². The Morgan fingerprint density at radius 3 is 2.65 bits per heavy atom. The minimum atomic E-state index is -0.282. The van der Waals surface area contributed by atoms with E-state index in [0.29, 0.717) is 23.5 Å². The molecule has 2 heterocycles. The zero-order chi connectivity index (χ0) is 14.5. The van der Waals surface area contributed by atoms with Crippen LogP contribution in [0.3, 0.4) is 0 Å². The lowest BCUT2D eigenvalue weighted by Gasteiger charge is -2.35. The highest BCUT2D eigenvalue weighted by atomic mass is 32.1. The van der Waals surface area contributed by atoms with Crippen LogP contribution in [0.4, 0.5) is 0 Å². The zero-order valence-electron chi connectivity index (χ0n) is 11.7. The van der Waals surface area contributed by atoms with E-state index in [0.717, 1.165) is 13.1 Å². The van der Waals surface area contributed by atoms with Gasteiger partial charge >= 0.3 is 0 Å². The second-order valence-corrected chi connectivity index (χ2v) is 6.09. The molecular weight excluding hydrogens is 276 g/mol. The van der Waals surface area contributed by atoms with Crippen molar-refractivity contribution in [3.63, 3.8) is 0 Å². The van der Waals surface area contributed by atoms with Gasteiger partial charge in [0.2, 0.25) is 0 Å². The van der Waals surface area contributed by atoms with Crippen molar-refractivity contribution in [1.82, 2.24) is 21.1 Å². The van der Waals surface area contributed by atoms with Crippen molar-refractivity contribution in [2.24, 2.45) is 0 Å². The monoisotopic (exact) mass is 296 g/mol. The minimum Gasteiger partial charge on any atom is -0.309 e. The Labute approximate surface area is 122 Å². The summed E-state index contributed by atoms with van der Waals surface area (Å²) >= 11 is 1.34. The summed E-state index contributed by atoms with van der Waals surface area (Å²) in [4.78, 5) is 26.1. The van der Waals surface area contributed by atoms with Crippen LogP contribution in [0, 0.1) is 0 Å². The number of hydrogen-bond acceptors (Lipinski definition) is 5. The molecule has 7 heteroatoms. The molecule has 1 fully saturated rings. The molecule has 2 atom stereocenters. The standard InChI is InChI=1S/C13H20N4O2S/c1-9-6-17(7-10(2)14-9)8-12(18)15-16-13(19)11-4-3-5-20-11/h3-5,9-10,14H,6-8H2,1-2H3,(H,15,18)(H,16,19). The van der Waals surface area contributed by atoms with Gasteiger partial charge in [0, 0.05) is 25.2 Å². The fourth-order valence-electron chi connectivity index (χ4n) is 2.41. The molecule has 110 valence electrons. The van der Waals surface area contributed by atoms with Crippen LogP contribution >= 0.6 is 11.3 Å². The molecule has 1 saturated heterocycles. The Bertz CT molecular complexity index is 453. The molecule has 2 amide bonds. The number of thiophene rings is 1. The summed E-state index contributed by atoms with van der Waals surface area (Å²) in [7, 11) is 0. The van der Waals surface area contributed by atoms with Gasteiger partial charge in [-0.3, -0.25) is 25.3 Å². The van der Waals surface area contributed by atoms with Crippen LogP contribution in [0.1, 0.15) is 23.5 Å². The molecular formula is C13H20N4O2S. The van der Waals surface area contributed by atoms with Crippen molar-refractivity contribution >= 4 is 23.2 Å². The first kappa shape index (κ1) is 15.0. The first-order chi connectivity index (χ1) is 9.54. The van der Waals surface area contributed by atoms with Crippen LogP contribution in [0.2, 0.25) is 0 Å². The van der Waals surface area contributed by atoms with Crippen molar-refractivity contribution in [1.29, 1.82) is 0 Å². The van der Waals surface area contributed by atoms with Gasteiger partial charge < -0.3 is 5.32 Å². The van der Waals surface area contributed by atoms with Gasteiger partial charge in [-0.2, -0.15) is 0 Å². The molecule has 0 saturated carbocycles. The molecule has 2 unspecified atom stereocenters. The Kier molecular flexibility index (Phi) is 5.11. The number of piperazine rings is 1. The lowest BCUT2D eigenvalue weighted by molar-refractivity contribution is -0.123. The maximum atomic E-state index is 11.8. The summed E-state index contributed by atoms with van der Waals surface area (Å²) in [6, 6.07) is 4.25. The molecule has 3 N–H and O–H groups in total. The second kappa shape index (κ2) is 6.83. The van der Waals surface area contributed by atoms with E-state index in [1.165, 1.54) is 11.3 Å².